The van der Waals surface area contributed by atoms with Gasteiger partial charge in [0.25, 0.3) is 0 Å². The summed E-state index contributed by atoms with van der Waals surface area (Å²) < 4.78 is 0. The Hall–Kier alpha value is -0.120. The highest BCUT2D eigenvalue weighted by Crippen LogP contribution is 2.35. The number of hydrogen-bond donors (Lipinski definition) is 1. The first-order valence-corrected chi connectivity index (χ1v) is 9.10. The highest BCUT2D eigenvalue weighted by atomic mass is 15.3. The SMILES string of the molecule is C1CCC2(CC1)CN(C1CCN3CCCCC13)CCN2. The van der Waals surface area contributed by atoms with E-state index in [4.69, 9.17) is 0 Å². The summed E-state index contributed by atoms with van der Waals surface area (Å²) in [6.45, 7) is 6.59. The molecule has 4 aliphatic rings. The van der Waals surface area contributed by atoms with Gasteiger partial charge in [-0.3, -0.25) is 9.80 Å². The topological polar surface area (TPSA) is 18.5 Å². The molecule has 20 heavy (non-hydrogen) atoms. The Labute approximate surface area is 124 Å². The molecule has 0 amide bonds. The fourth-order valence-electron chi connectivity index (χ4n) is 5.48. The van der Waals surface area contributed by atoms with Crippen LogP contribution in [0.3, 0.4) is 0 Å². The maximum absolute atomic E-state index is 3.90. The Morgan fingerprint density at radius 3 is 2.50 bits per heavy atom. The molecule has 0 aromatic rings. The Bertz CT molecular complexity index is 332. The van der Waals surface area contributed by atoms with Gasteiger partial charge in [0.15, 0.2) is 0 Å². The van der Waals surface area contributed by atoms with Gasteiger partial charge in [0, 0.05) is 43.8 Å². The summed E-state index contributed by atoms with van der Waals surface area (Å²) in [5.74, 6) is 0. The molecule has 4 fully saturated rings. The van der Waals surface area contributed by atoms with Crippen LogP contribution in [0.1, 0.15) is 57.8 Å². The summed E-state index contributed by atoms with van der Waals surface area (Å²) in [6.07, 6.45) is 13.0. The van der Waals surface area contributed by atoms with Gasteiger partial charge in [0.2, 0.25) is 0 Å². The molecule has 1 spiro atoms. The molecule has 3 aliphatic heterocycles. The van der Waals surface area contributed by atoms with Crippen molar-refractivity contribution in [1.82, 2.24) is 15.1 Å². The number of nitrogens with one attached hydrogen (secondary N) is 1. The summed E-state index contributed by atoms with van der Waals surface area (Å²) >= 11 is 0. The molecule has 3 heteroatoms. The maximum Gasteiger partial charge on any atom is 0.0309 e. The van der Waals surface area contributed by atoms with Gasteiger partial charge in [-0.1, -0.05) is 25.7 Å². The Morgan fingerprint density at radius 2 is 1.60 bits per heavy atom. The van der Waals surface area contributed by atoms with Gasteiger partial charge in [0.05, 0.1) is 0 Å². The van der Waals surface area contributed by atoms with Crippen LogP contribution in [0.25, 0.3) is 0 Å². The molecule has 3 saturated heterocycles. The van der Waals surface area contributed by atoms with Crippen molar-refractivity contribution in [2.75, 3.05) is 32.7 Å². The number of piperazine rings is 1. The van der Waals surface area contributed by atoms with E-state index in [0.29, 0.717) is 5.54 Å². The summed E-state index contributed by atoms with van der Waals surface area (Å²) in [5, 5.41) is 3.90. The van der Waals surface area contributed by atoms with Crippen molar-refractivity contribution >= 4 is 0 Å². The maximum atomic E-state index is 3.90. The van der Waals surface area contributed by atoms with E-state index in [1.165, 1.54) is 90.5 Å². The van der Waals surface area contributed by atoms with E-state index >= 15 is 0 Å². The first kappa shape index (κ1) is 13.5. The molecule has 1 aliphatic carbocycles. The molecule has 2 atom stereocenters. The fraction of sp³-hybridized carbons (Fsp3) is 1.00. The fourth-order valence-corrected chi connectivity index (χ4v) is 5.48. The third-order valence-electron chi connectivity index (χ3n) is 6.50. The van der Waals surface area contributed by atoms with Crippen molar-refractivity contribution in [1.29, 1.82) is 0 Å². The Kier molecular flexibility index (Phi) is 3.78. The van der Waals surface area contributed by atoms with Gasteiger partial charge < -0.3 is 5.32 Å². The minimum absolute atomic E-state index is 0.485. The molecule has 0 radical (unpaired) electrons. The number of rotatable bonds is 1. The molecule has 3 heterocycles. The van der Waals surface area contributed by atoms with E-state index in [0.717, 1.165) is 12.1 Å². The average molecular weight is 277 g/mol. The van der Waals surface area contributed by atoms with Crippen LogP contribution in [0.15, 0.2) is 0 Å². The number of nitrogens with zero attached hydrogens (tertiary/aromatic N) is 2. The van der Waals surface area contributed by atoms with Gasteiger partial charge in [-0.05, 0) is 38.6 Å². The molecule has 1 saturated carbocycles. The zero-order chi connectivity index (χ0) is 13.4. The monoisotopic (exact) mass is 277 g/mol. The smallest absolute Gasteiger partial charge is 0.0309 e. The lowest BCUT2D eigenvalue weighted by Crippen LogP contribution is -2.64. The molecule has 3 nitrogen and oxygen atoms in total. The molecule has 0 bridgehead atoms. The quantitative estimate of drug-likeness (QED) is 0.793. The molecular formula is C17H31N3. The molecule has 4 rings (SSSR count). The zero-order valence-electron chi connectivity index (χ0n) is 12.9. The van der Waals surface area contributed by atoms with E-state index in [1.54, 1.807) is 0 Å². The molecule has 0 aromatic heterocycles. The summed E-state index contributed by atoms with van der Waals surface area (Å²) in [7, 11) is 0. The molecule has 1 N–H and O–H groups in total. The molecular weight excluding hydrogens is 246 g/mol. The van der Waals surface area contributed by atoms with Crippen LogP contribution < -0.4 is 5.32 Å². The largest absolute Gasteiger partial charge is 0.309 e. The van der Waals surface area contributed by atoms with Crippen LogP contribution in [-0.4, -0.2) is 60.1 Å². The normalized spacial score (nSPS) is 39.0. The lowest BCUT2D eigenvalue weighted by molar-refractivity contribution is 0.0448. The predicted molar refractivity (Wildman–Crippen MR) is 83.0 cm³/mol. The van der Waals surface area contributed by atoms with Crippen LogP contribution in [0.4, 0.5) is 0 Å². The zero-order valence-corrected chi connectivity index (χ0v) is 12.9. The predicted octanol–water partition coefficient (Wildman–Crippen LogP) is 2.22. The number of fused-ring (bicyclic) bond motifs is 1. The van der Waals surface area contributed by atoms with Gasteiger partial charge >= 0.3 is 0 Å². The van der Waals surface area contributed by atoms with Crippen molar-refractivity contribution in [2.24, 2.45) is 0 Å². The van der Waals surface area contributed by atoms with Crippen molar-refractivity contribution < 1.29 is 0 Å². The van der Waals surface area contributed by atoms with Crippen LogP contribution in [0.5, 0.6) is 0 Å². The minimum atomic E-state index is 0.485. The van der Waals surface area contributed by atoms with Gasteiger partial charge in [-0.15, -0.1) is 0 Å². The van der Waals surface area contributed by atoms with Gasteiger partial charge in [-0.25, -0.2) is 0 Å². The lowest BCUT2D eigenvalue weighted by Gasteiger charge is -2.49. The Balaban J connectivity index is 1.45. The van der Waals surface area contributed by atoms with E-state index in [2.05, 4.69) is 15.1 Å². The van der Waals surface area contributed by atoms with Crippen molar-refractivity contribution in [3.63, 3.8) is 0 Å². The minimum Gasteiger partial charge on any atom is -0.309 e. The van der Waals surface area contributed by atoms with E-state index < -0.39 is 0 Å². The number of hydrogen-bond acceptors (Lipinski definition) is 3. The standard InChI is InChI=1S/C17H31N3/c1-3-8-17(9-4-1)14-20(13-10-18-17)16-7-12-19-11-5-2-6-15(16)19/h15-16,18H,1-14H2. The second-order valence-corrected chi connectivity index (χ2v) is 7.69. The first-order valence-electron chi connectivity index (χ1n) is 9.10. The van der Waals surface area contributed by atoms with Crippen LogP contribution >= 0.6 is 0 Å². The van der Waals surface area contributed by atoms with E-state index in [1.807, 2.05) is 0 Å². The first-order chi connectivity index (χ1) is 9.86. The van der Waals surface area contributed by atoms with Crippen molar-refractivity contribution in [3.05, 3.63) is 0 Å². The third-order valence-corrected chi connectivity index (χ3v) is 6.50. The molecule has 2 unspecified atom stereocenters. The van der Waals surface area contributed by atoms with Crippen LogP contribution in [0.2, 0.25) is 0 Å². The van der Waals surface area contributed by atoms with Crippen molar-refractivity contribution in [2.45, 2.75) is 75.4 Å². The third kappa shape index (κ3) is 2.42. The second-order valence-electron chi connectivity index (χ2n) is 7.69. The van der Waals surface area contributed by atoms with Gasteiger partial charge in [0.1, 0.15) is 0 Å². The molecule has 114 valence electrons. The highest BCUT2D eigenvalue weighted by molar-refractivity contribution is 5.02. The number of piperidine rings is 1. The summed E-state index contributed by atoms with van der Waals surface area (Å²) in [4.78, 5) is 5.68. The van der Waals surface area contributed by atoms with Crippen LogP contribution in [0, 0.1) is 0 Å². The molecule has 0 aromatic carbocycles. The van der Waals surface area contributed by atoms with E-state index in [9.17, 15) is 0 Å². The van der Waals surface area contributed by atoms with Crippen LogP contribution in [-0.2, 0) is 0 Å². The summed E-state index contributed by atoms with van der Waals surface area (Å²) in [5.41, 5.74) is 0.485. The van der Waals surface area contributed by atoms with Gasteiger partial charge in [-0.2, -0.15) is 0 Å². The van der Waals surface area contributed by atoms with Crippen molar-refractivity contribution in [3.8, 4) is 0 Å². The second kappa shape index (κ2) is 5.58. The summed E-state index contributed by atoms with van der Waals surface area (Å²) in [6, 6.07) is 1.76. The Morgan fingerprint density at radius 1 is 0.750 bits per heavy atom. The lowest BCUT2D eigenvalue weighted by atomic mass is 9.79. The average Bonchev–Trinajstić information content (AvgIpc) is 2.92. The van der Waals surface area contributed by atoms with E-state index in [-0.39, 0.29) is 0 Å². The highest BCUT2D eigenvalue weighted by Gasteiger charge is 2.43.